The van der Waals surface area contributed by atoms with Crippen molar-refractivity contribution in [1.82, 2.24) is 0 Å². The molecule has 3 aliphatic rings. The van der Waals surface area contributed by atoms with Crippen LogP contribution >= 0.6 is 22.7 Å². The molecule has 2 unspecified atom stereocenters. The highest BCUT2D eigenvalue weighted by Gasteiger charge is 2.71. The fourth-order valence-electron chi connectivity index (χ4n) is 4.85. The average molecular weight is 472 g/mol. The van der Waals surface area contributed by atoms with Crippen LogP contribution in [-0.2, 0) is 19.9 Å². The number of carbonyl (C=O) groups is 1. The smallest absolute Gasteiger partial charge is 0.348 e. The molecule has 2 aromatic rings. The van der Waals surface area contributed by atoms with Gasteiger partial charge in [0.05, 0.1) is 19.0 Å². The second-order valence-corrected chi connectivity index (χ2v) is 9.76. The van der Waals surface area contributed by atoms with E-state index in [1.165, 1.54) is 22.7 Å². The molecule has 6 atom stereocenters. The van der Waals surface area contributed by atoms with Crippen molar-refractivity contribution in [3.8, 4) is 0 Å². The molecule has 0 amide bonds. The maximum Gasteiger partial charge on any atom is 0.348 e. The Balaban J connectivity index is 0.00000180. The van der Waals surface area contributed by atoms with Crippen LogP contribution in [0.15, 0.2) is 34.3 Å². The van der Waals surface area contributed by atoms with E-state index >= 15 is 0 Å². The zero-order chi connectivity index (χ0) is 18.1. The lowest BCUT2D eigenvalue weighted by atomic mass is 9.93. The van der Waals surface area contributed by atoms with E-state index in [4.69, 9.17) is 9.47 Å². The molecule has 1 N–H and O–H groups in total. The molecule has 0 aliphatic carbocycles. The van der Waals surface area contributed by atoms with Crippen molar-refractivity contribution in [2.75, 3.05) is 14.1 Å². The molecule has 146 valence electrons. The highest BCUT2D eigenvalue weighted by molar-refractivity contribution is 7.10. The Morgan fingerprint density at radius 3 is 2.52 bits per heavy atom. The third-order valence-corrected chi connectivity index (χ3v) is 8.09. The fraction of sp³-hybridized carbons (Fsp3) is 0.526. The van der Waals surface area contributed by atoms with Gasteiger partial charge in [-0.05, 0) is 28.3 Å². The number of epoxide rings is 1. The Hall–Kier alpha value is -0.770. The summed E-state index contributed by atoms with van der Waals surface area (Å²) in [6, 6.07) is 6.16. The molecule has 0 aromatic carbocycles. The lowest BCUT2D eigenvalue weighted by molar-refractivity contribution is -0.938. The van der Waals surface area contributed by atoms with Gasteiger partial charge in [-0.1, -0.05) is 6.07 Å². The number of morpholine rings is 1. The molecule has 3 aliphatic heterocycles. The van der Waals surface area contributed by atoms with Crippen LogP contribution in [0, 0.1) is 0 Å². The molecule has 0 spiro atoms. The van der Waals surface area contributed by atoms with E-state index in [2.05, 4.69) is 14.1 Å². The van der Waals surface area contributed by atoms with Crippen LogP contribution < -0.4 is 17.0 Å². The fourth-order valence-corrected chi connectivity index (χ4v) is 6.39. The number of carbonyl (C=O) groups excluding carboxylic acids is 1. The molecule has 3 fully saturated rings. The summed E-state index contributed by atoms with van der Waals surface area (Å²) in [5.41, 5.74) is -1.15. The standard InChI is InChI=1S/C19H22NO4S2.BrH/c1-20(2)13-8-12(9-14(20)17-16(13)24-17)23-18(21)19(22,11-5-7-25-10-11)15-4-3-6-26-15;/h3-7,10,12-14,16-17,22H,8-9H2,1-2H3;1H/q+1;/p-1/t12?,13-,14+,16-,17+,19?;. The second kappa shape index (κ2) is 6.64. The summed E-state index contributed by atoms with van der Waals surface area (Å²) in [6.07, 6.45) is 2.05. The number of fused-ring (bicyclic) bond motifs is 5. The van der Waals surface area contributed by atoms with Gasteiger partial charge in [-0.3, -0.25) is 0 Å². The Bertz CT molecular complexity index is 769. The van der Waals surface area contributed by atoms with Crippen molar-refractivity contribution < 1.29 is 40.8 Å². The quantitative estimate of drug-likeness (QED) is 0.365. The minimum absolute atomic E-state index is 0. The summed E-state index contributed by atoms with van der Waals surface area (Å²) in [5, 5.41) is 16.9. The van der Waals surface area contributed by atoms with Crippen LogP contribution in [-0.4, -0.2) is 60.0 Å². The molecule has 8 heteroatoms. The van der Waals surface area contributed by atoms with Gasteiger partial charge >= 0.3 is 5.97 Å². The molecule has 5 heterocycles. The van der Waals surface area contributed by atoms with Crippen molar-refractivity contribution in [1.29, 1.82) is 0 Å². The number of esters is 1. The second-order valence-electron chi connectivity index (χ2n) is 8.03. The Morgan fingerprint density at radius 1 is 1.26 bits per heavy atom. The molecule has 3 saturated heterocycles. The zero-order valence-electron chi connectivity index (χ0n) is 15.1. The predicted molar refractivity (Wildman–Crippen MR) is 99.1 cm³/mol. The SMILES string of the molecule is C[N+]1(C)[C@@H]2CC(OC(=O)C(O)(c3ccsc3)c3cccs3)C[C@H]1[C@@H]1O[C@@H]12.[Br-]. The molecule has 0 radical (unpaired) electrons. The minimum atomic E-state index is -1.73. The Labute approximate surface area is 176 Å². The maximum atomic E-state index is 13.1. The van der Waals surface area contributed by atoms with Crippen LogP contribution in [0.25, 0.3) is 0 Å². The van der Waals surface area contributed by atoms with Crippen LogP contribution in [0.4, 0.5) is 0 Å². The number of hydrogen-bond acceptors (Lipinski definition) is 6. The summed E-state index contributed by atoms with van der Waals surface area (Å²) >= 11 is 2.83. The van der Waals surface area contributed by atoms with Gasteiger partial charge in [-0.25, -0.2) is 4.79 Å². The lowest BCUT2D eigenvalue weighted by Gasteiger charge is -2.45. The largest absolute Gasteiger partial charge is 1.00 e. The number of thiophene rings is 2. The topological polar surface area (TPSA) is 59.1 Å². The van der Waals surface area contributed by atoms with Crippen LogP contribution in [0.5, 0.6) is 0 Å². The first-order chi connectivity index (χ1) is 12.4. The number of piperidine rings is 1. The summed E-state index contributed by atoms with van der Waals surface area (Å²) in [4.78, 5) is 13.7. The van der Waals surface area contributed by atoms with Crippen molar-refractivity contribution in [3.05, 3.63) is 44.8 Å². The zero-order valence-corrected chi connectivity index (χ0v) is 18.3. The van der Waals surface area contributed by atoms with Crippen LogP contribution in [0.2, 0.25) is 0 Å². The summed E-state index contributed by atoms with van der Waals surface area (Å²) in [6.45, 7) is 0. The summed E-state index contributed by atoms with van der Waals surface area (Å²) < 4.78 is 12.6. The number of ether oxygens (including phenoxy) is 2. The van der Waals surface area contributed by atoms with Gasteiger partial charge in [0, 0.05) is 18.4 Å². The van der Waals surface area contributed by atoms with Crippen LogP contribution in [0.1, 0.15) is 23.3 Å². The highest BCUT2D eigenvalue weighted by Crippen LogP contribution is 2.52. The number of aliphatic hydroxyl groups is 1. The molecule has 5 nitrogen and oxygen atoms in total. The van der Waals surface area contributed by atoms with Gasteiger partial charge < -0.3 is 36.0 Å². The monoisotopic (exact) mass is 471 g/mol. The van der Waals surface area contributed by atoms with Gasteiger partial charge in [-0.15, -0.1) is 11.3 Å². The van der Waals surface area contributed by atoms with E-state index in [-0.39, 0.29) is 23.1 Å². The van der Waals surface area contributed by atoms with E-state index in [0.29, 0.717) is 34.7 Å². The molecule has 0 saturated carbocycles. The van der Waals surface area contributed by atoms with Crippen molar-refractivity contribution >= 4 is 28.6 Å². The first-order valence-corrected chi connectivity index (χ1v) is 10.7. The van der Waals surface area contributed by atoms with Gasteiger partial charge in [0.2, 0.25) is 5.60 Å². The highest BCUT2D eigenvalue weighted by atomic mass is 79.9. The summed E-state index contributed by atoms with van der Waals surface area (Å²) in [5.74, 6) is -0.565. The van der Waals surface area contributed by atoms with E-state index in [1.807, 2.05) is 22.2 Å². The first kappa shape index (κ1) is 19.5. The van der Waals surface area contributed by atoms with Crippen molar-refractivity contribution in [3.63, 3.8) is 0 Å². The van der Waals surface area contributed by atoms with Crippen LogP contribution in [0.3, 0.4) is 0 Å². The number of halogens is 1. The van der Waals surface area contributed by atoms with Crippen molar-refractivity contribution in [2.24, 2.45) is 0 Å². The summed E-state index contributed by atoms with van der Waals surface area (Å²) in [7, 11) is 4.49. The average Bonchev–Trinajstić information content (AvgIpc) is 2.98. The molecule has 2 aromatic heterocycles. The molecular weight excluding hydrogens is 450 g/mol. The number of hydrogen-bond donors (Lipinski definition) is 1. The Kier molecular flexibility index (Phi) is 4.81. The lowest BCUT2D eigenvalue weighted by Crippen LogP contribution is -3.00. The maximum absolute atomic E-state index is 13.1. The normalized spacial score (nSPS) is 34.9. The van der Waals surface area contributed by atoms with E-state index in [9.17, 15) is 9.90 Å². The third kappa shape index (κ3) is 2.84. The van der Waals surface area contributed by atoms with Gasteiger partial charge in [0.1, 0.15) is 30.4 Å². The number of nitrogens with zero attached hydrogens (tertiary/aromatic N) is 1. The number of likely N-dealkylation sites (N-methyl/N-ethyl adjacent to an activating group) is 1. The van der Waals surface area contributed by atoms with Crippen molar-refractivity contribution in [2.45, 2.75) is 48.8 Å². The first-order valence-electron chi connectivity index (χ1n) is 8.91. The van der Waals surface area contributed by atoms with E-state index < -0.39 is 11.6 Å². The minimum Gasteiger partial charge on any atom is -1.00 e. The molecule has 5 rings (SSSR count). The van der Waals surface area contributed by atoms with E-state index in [1.54, 1.807) is 12.1 Å². The van der Waals surface area contributed by atoms with E-state index in [0.717, 1.165) is 17.3 Å². The third-order valence-electron chi connectivity index (χ3n) is 6.42. The number of rotatable bonds is 4. The van der Waals surface area contributed by atoms with Gasteiger partial charge in [0.15, 0.2) is 0 Å². The van der Waals surface area contributed by atoms with Gasteiger partial charge in [0.25, 0.3) is 0 Å². The molecular formula is C19H22BrNO4S2. The van der Waals surface area contributed by atoms with Gasteiger partial charge in [-0.2, -0.15) is 11.3 Å². The predicted octanol–water partition coefficient (Wildman–Crippen LogP) is -0.650. The molecule has 27 heavy (non-hydrogen) atoms. The Morgan fingerprint density at radius 2 is 1.96 bits per heavy atom. The number of quaternary nitrogens is 1. The molecule has 2 bridgehead atoms.